The van der Waals surface area contributed by atoms with E-state index in [0.29, 0.717) is 18.2 Å². The summed E-state index contributed by atoms with van der Waals surface area (Å²) in [6.07, 6.45) is 3.43. The maximum Gasteiger partial charge on any atom is 0.131 e. The second-order valence-electron chi connectivity index (χ2n) is 5.86. The first-order valence-electron chi connectivity index (χ1n) is 7.58. The molecule has 1 saturated carbocycles. The van der Waals surface area contributed by atoms with Gasteiger partial charge in [-0.05, 0) is 36.1 Å². The van der Waals surface area contributed by atoms with Crippen LogP contribution in [-0.2, 0) is 13.0 Å². The van der Waals surface area contributed by atoms with Crippen LogP contribution in [0, 0.1) is 5.82 Å². The minimum Gasteiger partial charge on any atom is -0.492 e. The standard InChI is InChI=1S/C18H18FNO/c19-17-7-4-12(11-20-14-5-6-14)10-16(17)15-3-1-2-13-8-9-21-18(13)15/h1-4,7,10,14,20H,5-6,8-9,11H2. The minimum atomic E-state index is -0.186. The first-order valence-corrected chi connectivity index (χ1v) is 7.58. The van der Waals surface area contributed by atoms with Crippen LogP contribution in [0.2, 0.25) is 0 Å². The molecule has 21 heavy (non-hydrogen) atoms. The van der Waals surface area contributed by atoms with Crippen molar-refractivity contribution in [3.63, 3.8) is 0 Å². The van der Waals surface area contributed by atoms with Crippen LogP contribution in [-0.4, -0.2) is 12.6 Å². The van der Waals surface area contributed by atoms with Gasteiger partial charge in [-0.25, -0.2) is 4.39 Å². The van der Waals surface area contributed by atoms with Crippen LogP contribution in [0.4, 0.5) is 4.39 Å². The SMILES string of the molecule is Fc1ccc(CNC2CC2)cc1-c1cccc2c1OCC2. The van der Waals surface area contributed by atoms with E-state index in [1.54, 1.807) is 6.07 Å². The summed E-state index contributed by atoms with van der Waals surface area (Å²) in [6, 6.07) is 12.0. The Morgan fingerprint density at radius 1 is 1.14 bits per heavy atom. The molecule has 1 aliphatic heterocycles. The van der Waals surface area contributed by atoms with E-state index in [4.69, 9.17) is 4.74 Å². The number of hydrogen-bond donors (Lipinski definition) is 1. The normalized spacial score (nSPS) is 16.6. The van der Waals surface area contributed by atoms with Gasteiger partial charge in [-0.3, -0.25) is 0 Å². The largest absolute Gasteiger partial charge is 0.492 e. The Balaban J connectivity index is 1.70. The summed E-state index contributed by atoms with van der Waals surface area (Å²) in [5.41, 5.74) is 3.81. The molecule has 1 N–H and O–H groups in total. The summed E-state index contributed by atoms with van der Waals surface area (Å²) in [5.74, 6) is 0.665. The number of halogens is 1. The quantitative estimate of drug-likeness (QED) is 0.924. The molecule has 0 bridgehead atoms. The number of ether oxygens (including phenoxy) is 1. The van der Waals surface area contributed by atoms with Gasteiger partial charge in [-0.1, -0.05) is 24.3 Å². The summed E-state index contributed by atoms with van der Waals surface area (Å²) < 4.78 is 20.0. The third-order valence-corrected chi connectivity index (χ3v) is 4.21. The fourth-order valence-corrected chi connectivity index (χ4v) is 2.87. The highest BCUT2D eigenvalue weighted by molar-refractivity contribution is 5.73. The van der Waals surface area contributed by atoms with Gasteiger partial charge >= 0.3 is 0 Å². The fraction of sp³-hybridized carbons (Fsp3) is 0.333. The molecule has 2 aliphatic rings. The van der Waals surface area contributed by atoms with Gasteiger partial charge in [-0.2, -0.15) is 0 Å². The molecule has 2 nitrogen and oxygen atoms in total. The molecule has 108 valence electrons. The second kappa shape index (κ2) is 5.15. The molecule has 2 aromatic carbocycles. The maximum atomic E-state index is 14.3. The predicted octanol–water partition coefficient (Wildman–Crippen LogP) is 3.68. The smallest absolute Gasteiger partial charge is 0.131 e. The van der Waals surface area contributed by atoms with Crippen molar-refractivity contribution in [2.75, 3.05) is 6.61 Å². The minimum absolute atomic E-state index is 0.186. The number of rotatable bonds is 4. The Morgan fingerprint density at radius 3 is 2.90 bits per heavy atom. The average Bonchev–Trinajstić information content (AvgIpc) is 3.21. The summed E-state index contributed by atoms with van der Waals surface area (Å²) in [4.78, 5) is 0. The lowest BCUT2D eigenvalue weighted by Gasteiger charge is -2.11. The number of hydrogen-bond acceptors (Lipinski definition) is 2. The zero-order valence-electron chi connectivity index (χ0n) is 11.9. The summed E-state index contributed by atoms with van der Waals surface area (Å²) in [7, 11) is 0. The van der Waals surface area contributed by atoms with Crippen LogP contribution >= 0.6 is 0 Å². The van der Waals surface area contributed by atoms with Crippen LogP contribution in [0.1, 0.15) is 24.0 Å². The molecule has 0 saturated heterocycles. The lowest BCUT2D eigenvalue weighted by Crippen LogP contribution is -2.15. The summed E-state index contributed by atoms with van der Waals surface area (Å²) in [6.45, 7) is 1.49. The van der Waals surface area contributed by atoms with E-state index in [-0.39, 0.29) is 5.82 Å². The maximum absolute atomic E-state index is 14.3. The zero-order valence-corrected chi connectivity index (χ0v) is 11.9. The molecule has 2 aromatic rings. The Kier molecular flexibility index (Phi) is 3.15. The van der Waals surface area contributed by atoms with Crippen molar-refractivity contribution in [3.8, 4) is 16.9 Å². The molecule has 0 atom stereocenters. The third kappa shape index (κ3) is 2.54. The lowest BCUT2D eigenvalue weighted by molar-refractivity contribution is 0.358. The Bertz CT molecular complexity index is 679. The van der Waals surface area contributed by atoms with Gasteiger partial charge in [0.2, 0.25) is 0 Å². The lowest BCUT2D eigenvalue weighted by atomic mass is 9.99. The molecular weight excluding hydrogens is 265 g/mol. The van der Waals surface area contributed by atoms with E-state index >= 15 is 0 Å². The van der Waals surface area contributed by atoms with Gasteiger partial charge in [0.25, 0.3) is 0 Å². The summed E-state index contributed by atoms with van der Waals surface area (Å²) in [5, 5.41) is 3.47. The van der Waals surface area contributed by atoms with E-state index in [0.717, 1.165) is 29.8 Å². The Hall–Kier alpha value is -1.87. The zero-order chi connectivity index (χ0) is 14.2. The number of benzene rings is 2. The highest BCUT2D eigenvalue weighted by Crippen LogP contribution is 2.38. The van der Waals surface area contributed by atoms with Crippen LogP contribution in [0.3, 0.4) is 0 Å². The molecule has 0 amide bonds. The van der Waals surface area contributed by atoms with Gasteiger partial charge in [-0.15, -0.1) is 0 Å². The van der Waals surface area contributed by atoms with E-state index in [9.17, 15) is 4.39 Å². The number of fused-ring (bicyclic) bond motifs is 1. The van der Waals surface area contributed by atoms with E-state index < -0.39 is 0 Å². The Morgan fingerprint density at radius 2 is 2.05 bits per heavy atom. The summed E-state index contributed by atoms with van der Waals surface area (Å²) >= 11 is 0. The van der Waals surface area contributed by atoms with Crippen LogP contribution in [0.5, 0.6) is 5.75 Å². The van der Waals surface area contributed by atoms with Crippen LogP contribution in [0.25, 0.3) is 11.1 Å². The molecular formula is C18H18FNO. The van der Waals surface area contributed by atoms with Gasteiger partial charge < -0.3 is 10.1 Å². The van der Waals surface area contributed by atoms with Crippen LogP contribution < -0.4 is 10.1 Å². The molecule has 1 aliphatic carbocycles. The van der Waals surface area contributed by atoms with E-state index in [1.165, 1.54) is 18.4 Å². The molecule has 0 spiro atoms. The van der Waals surface area contributed by atoms with Crippen molar-refractivity contribution in [1.29, 1.82) is 0 Å². The average molecular weight is 283 g/mol. The van der Waals surface area contributed by atoms with Gasteiger partial charge in [0.1, 0.15) is 11.6 Å². The molecule has 3 heteroatoms. The molecule has 4 rings (SSSR count). The molecule has 1 heterocycles. The van der Waals surface area contributed by atoms with Gasteiger partial charge in [0, 0.05) is 30.1 Å². The van der Waals surface area contributed by atoms with Gasteiger partial charge in [0.15, 0.2) is 0 Å². The van der Waals surface area contributed by atoms with Crippen molar-refractivity contribution in [3.05, 3.63) is 53.3 Å². The van der Waals surface area contributed by atoms with Crippen molar-refractivity contribution >= 4 is 0 Å². The molecule has 0 aromatic heterocycles. The van der Waals surface area contributed by atoms with Crippen molar-refractivity contribution in [1.82, 2.24) is 5.32 Å². The molecule has 0 unspecified atom stereocenters. The monoisotopic (exact) mass is 283 g/mol. The van der Waals surface area contributed by atoms with Crippen molar-refractivity contribution < 1.29 is 9.13 Å². The second-order valence-corrected chi connectivity index (χ2v) is 5.86. The van der Waals surface area contributed by atoms with Crippen molar-refractivity contribution in [2.24, 2.45) is 0 Å². The first-order chi connectivity index (χ1) is 10.3. The van der Waals surface area contributed by atoms with Crippen molar-refractivity contribution in [2.45, 2.75) is 31.8 Å². The van der Waals surface area contributed by atoms with Gasteiger partial charge in [0.05, 0.1) is 6.61 Å². The third-order valence-electron chi connectivity index (χ3n) is 4.21. The van der Waals surface area contributed by atoms with Crippen LogP contribution in [0.15, 0.2) is 36.4 Å². The molecule has 1 fully saturated rings. The fourth-order valence-electron chi connectivity index (χ4n) is 2.87. The number of para-hydroxylation sites is 1. The molecule has 0 radical (unpaired) electrons. The Labute approximate surface area is 123 Å². The van der Waals surface area contributed by atoms with E-state index in [1.807, 2.05) is 24.3 Å². The highest BCUT2D eigenvalue weighted by atomic mass is 19.1. The number of nitrogens with one attached hydrogen (secondary N) is 1. The highest BCUT2D eigenvalue weighted by Gasteiger charge is 2.21. The predicted molar refractivity (Wildman–Crippen MR) is 80.9 cm³/mol. The first kappa shape index (κ1) is 12.8. The van der Waals surface area contributed by atoms with E-state index in [2.05, 4.69) is 11.4 Å². The topological polar surface area (TPSA) is 21.3 Å².